The quantitative estimate of drug-likeness (QED) is 0.655. The molecule has 1 aromatic rings. The number of carbonyl (C=O) groups excluding carboxylic acids is 1. The molecule has 2 rings (SSSR count). The molecule has 0 aromatic heterocycles. The zero-order valence-corrected chi connectivity index (χ0v) is 11.3. The first-order valence-corrected chi connectivity index (χ1v) is 6.30. The third-order valence-corrected chi connectivity index (χ3v) is 3.15. The van der Waals surface area contributed by atoms with Crippen LogP contribution in [-0.2, 0) is 9.53 Å². The minimum absolute atomic E-state index is 0.0461. The average Bonchev–Trinajstić information content (AvgIpc) is 2.45. The fourth-order valence-electron chi connectivity index (χ4n) is 2.16. The molecular formula is C13H14N2O6. The molecule has 0 aliphatic carbocycles. The third kappa shape index (κ3) is 3.34. The number of nitro groups is 1. The SMILES string of the molecule is C[C@@H]1CN(C(=O)c2ccc([N+](=O)[O-])cc2)CC(C(=O)O)O1. The van der Waals surface area contributed by atoms with E-state index in [1.807, 2.05) is 0 Å². The van der Waals surface area contributed by atoms with E-state index >= 15 is 0 Å². The van der Waals surface area contributed by atoms with Crippen molar-refractivity contribution in [2.45, 2.75) is 19.1 Å². The number of morpholine rings is 1. The lowest BCUT2D eigenvalue weighted by atomic mass is 10.1. The van der Waals surface area contributed by atoms with Crippen molar-refractivity contribution in [2.75, 3.05) is 13.1 Å². The lowest BCUT2D eigenvalue weighted by Crippen LogP contribution is -2.51. The maximum Gasteiger partial charge on any atom is 0.334 e. The van der Waals surface area contributed by atoms with E-state index < -0.39 is 17.0 Å². The summed E-state index contributed by atoms with van der Waals surface area (Å²) in [6.07, 6.45) is -1.45. The molecule has 1 saturated heterocycles. The van der Waals surface area contributed by atoms with Gasteiger partial charge in [0.05, 0.1) is 17.6 Å². The predicted octanol–water partition coefficient (Wildman–Crippen LogP) is 0.909. The summed E-state index contributed by atoms with van der Waals surface area (Å²) in [4.78, 5) is 34.7. The zero-order chi connectivity index (χ0) is 15.6. The molecule has 0 radical (unpaired) electrons. The third-order valence-electron chi connectivity index (χ3n) is 3.15. The maximum absolute atomic E-state index is 12.3. The Labute approximate surface area is 120 Å². The van der Waals surface area contributed by atoms with Gasteiger partial charge in [-0.05, 0) is 19.1 Å². The van der Waals surface area contributed by atoms with Gasteiger partial charge in [-0.1, -0.05) is 0 Å². The smallest absolute Gasteiger partial charge is 0.334 e. The highest BCUT2D eigenvalue weighted by molar-refractivity contribution is 5.94. The van der Waals surface area contributed by atoms with Crippen LogP contribution in [0.3, 0.4) is 0 Å². The van der Waals surface area contributed by atoms with Crippen LogP contribution >= 0.6 is 0 Å². The summed E-state index contributed by atoms with van der Waals surface area (Å²) in [6.45, 7) is 1.92. The van der Waals surface area contributed by atoms with E-state index in [-0.39, 0.29) is 36.4 Å². The van der Waals surface area contributed by atoms with Gasteiger partial charge in [-0.15, -0.1) is 0 Å². The second-order valence-corrected chi connectivity index (χ2v) is 4.79. The molecule has 8 heteroatoms. The van der Waals surface area contributed by atoms with E-state index in [1.54, 1.807) is 6.92 Å². The largest absolute Gasteiger partial charge is 0.479 e. The van der Waals surface area contributed by atoms with E-state index in [1.165, 1.54) is 29.2 Å². The van der Waals surface area contributed by atoms with Gasteiger partial charge < -0.3 is 14.7 Å². The highest BCUT2D eigenvalue weighted by Gasteiger charge is 2.33. The van der Waals surface area contributed by atoms with E-state index in [0.29, 0.717) is 0 Å². The first kappa shape index (κ1) is 14.9. The Hall–Kier alpha value is -2.48. The van der Waals surface area contributed by atoms with E-state index in [0.717, 1.165) is 0 Å². The molecule has 8 nitrogen and oxygen atoms in total. The summed E-state index contributed by atoms with van der Waals surface area (Å²) >= 11 is 0. The molecule has 21 heavy (non-hydrogen) atoms. The molecule has 1 aliphatic heterocycles. The van der Waals surface area contributed by atoms with Crippen LogP contribution in [-0.4, -0.2) is 52.1 Å². The number of non-ortho nitro benzene ring substituents is 1. The number of carboxylic acids is 1. The van der Waals surface area contributed by atoms with Crippen molar-refractivity contribution >= 4 is 17.6 Å². The van der Waals surface area contributed by atoms with Gasteiger partial charge in [-0.2, -0.15) is 0 Å². The average molecular weight is 294 g/mol. The summed E-state index contributed by atoms with van der Waals surface area (Å²) < 4.78 is 5.23. The number of benzene rings is 1. The van der Waals surface area contributed by atoms with Crippen molar-refractivity contribution in [3.63, 3.8) is 0 Å². The number of nitrogens with zero attached hydrogens (tertiary/aromatic N) is 2. The number of carboxylic acid groups (broad SMARTS) is 1. The Kier molecular flexibility index (Phi) is 4.18. The number of hydrogen-bond donors (Lipinski definition) is 1. The number of aliphatic carboxylic acids is 1. The Balaban J connectivity index is 2.14. The van der Waals surface area contributed by atoms with Gasteiger partial charge in [0.1, 0.15) is 0 Å². The lowest BCUT2D eigenvalue weighted by Gasteiger charge is -2.34. The molecule has 1 amide bonds. The minimum Gasteiger partial charge on any atom is -0.479 e. The van der Waals surface area contributed by atoms with E-state index in [2.05, 4.69) is 0 Å². The molecule has 2 atom stereocenters. The van der Waals surface area contributed by atoms with Crippen molar-refractivity contribution in [3.05, 3.63) is 39.9 Å². The molecule has 1 aromatic carbocycles. The fourth-order valence-corrected chi connectivity index (χ4v) is 2.16. The van der Waals surface area contributed by atoms with Crippen molar-refractivity contribution in [2.24, 2.45) is 0 Å². The summed E-state index contributed by atoms with van der Waals surface area (Å²) in [5.41, 5.74) is 0.171. The molecule has 0 bridgehead atoms. The molecule has 1 N–H and O–H groups in total. The molecule has 112 valence electrons. The van der Waals surface area contributed by atoms with Crippen LogP contribution < -0.4 is 0 Å². The first-order valence-electron chi connectivity index (χ1n) is 6.30. The van der Waals surface area contributed by atoms with Gasteiger partial charge >= 0.3 is 5.97 Å². The van der Waals surface area contributed by atoms with Crippen molar-refractivity contribution < 1.29 is 24.4 Å². The second-order valence-electron chi connectivity index (χ2n) is 4.79. The lowest BCUT2D eigenvalue weighted by molar-refractivity contribution is -0.384. The number of carbonyl (C=O) groups is 2. The molecule has 1 unspecified atom stereocenters. The maximum atomic E-state index is 12.3. The van der Waals surface area contributed by atoms with E-state index in [4.69, 9.17) is 9.84 Å². The Morgan fingerprint density at radius 2 is 1.95 bits per heavy atom. The van der Waals surface area contributed by atoms with Crippen LogP contribution in [0, 0.1) is 10.1 Å². The summed E-state index contributed by atoms with van der Waals surface area (Å²) in [5, 5.41) is 19.6. The fraction of sp³-hybridized carbons (Fsp3) is 0.385. The van der Waals surface area contributed by atoms with Crippen LogP contribution in [0.4, 0.5) is 5.69 Å². The Morgan fingerprint density at radius 3 is 2.48 bits per heavy atom. The van der Waals surface area contributed by atoms with Crippen LogP contribution in [0.15, 0.2) is 24.3 Å². The van der Waals surface area contributed by atoms with Crippen molar-refractivity contribution in [1.82, 2.24) is 4.90 Å². The van der Waals surface area contributed by atoms with Gasteiger partial charge in [0.15, 0.2) is 6.10 Å². The number of hydrogen-bond acceptors (Lipinski definition) is 5. The van der Waals surface area contributed by atoms with Gasteiger partial charge in [0.25, 0.3) is 11.6 Å². The second kappa shape index (κ2) is 5.88. The van der Waals surface area contributed by atoms with Crippen LogP contribution in [0.5, 0.6) is 0 Å². The number of amides is 1. The monoisotopic (exact) mass is 294 g/mol. The van der Waals surface area contributed by atoms with E-state index in [9.17, 15) is 19.7 Å². The number of rotatable bonds is 3. The van der Waals surface area contributed by atoms with Crippen LogP contribution in [0.1, 0.15) is 17.3 Å². The van der Waals surface area contributed by atoms with Crippen LogP contribution in [0.2, 0.25) is 0 Å². The number of nitro benzene ring substituents is 1. The number of ether oxygens (including phenoxy) is 1. The minimum atomic E-state index is -1.12. The summed E-state index contributed by atoms with van der Waals surface area (Å²) in [5.74, 6) is -1.49. The molecular weight excluding hydrogens is 280 g/mol. The van der Waals surface area contributed by atoms with Gasteiger partial charge in [-0.3, -0.25) is 14.9 Å². The highest BCUT2D eigenvalue weighted by atomic mass is 16.6. The van der Waals surface area contributed by atoms with Crippen molar-refractivity contribution in [3.8, 4) is 0 Å². The predicted molar refractivity (Wildman–Crippen MR) is 71.0 cm³/mol. The highest BCUT2D eigenvalue weighted by Crippen LogP contribution is 2.17. The molecule has 1 heterocycles. The summed E-state index contributed by atoms with van der Waals surface area (Å²) in [7, 11) is 0. The zero-order valence-electron chi connectivity index (χ0n) is 11.3. The van der Waals surface area contributed by atoms with Gasteiger partial charge in [0, 0.05) is 24.2 Å². The molecule has 0 saturated carbocycles. The van der Waals surface area contributed by atoms with Gasteiger partial charge in [-0.25, -0.2) is 4.79 Å². The summed E-state index contributed by atoms with van der Waals surface area (Å²) in [6, 6.07) is 5.20. The standard InChI is InChI=1S/C13H14N2O6/c1-8-6-14(7-11(21-8)13(17)18)12(16)9-2-4-10(5-3-9)15(19)20/h2-5,8,11H,6-7H2,1H3,(H,17,18)/t8-,11?/m1/s1. The van der Waals surface area contributed by atoms with Gasteiger partial charge in [0.2, 0.25) is 0 Å². The topological polar surface area (TPSA) is 110 Å². The normalized spacial score (nSPS) is 21.9. The Bertz CT molecular complexity index is 571. The molecule has 1 aliphatic rings. The first-order chi connectivity index (χ1) is 9.88. The van der Waals surface area contributed by atoms with Crippen LogP contribution in [0.25, 0.3) is 0 Å². The molecule has 0 spiro atoms. The Morgan fingerprint density at radius 1 is 1.33 bits per heavy atom. The molecule has 1 fully saturated rings. The van der Waals surface area contributed by atoms with Crippen molar-refractivity contribution in [1.29, 1.82) is 0 Å².